The van der Waals surface area contributed by atoms with Gasteiger partial charge in [-0.25, -0.2) is 4.39 Å². The monoisotopic (exact) mass is 350 g/mol. The number of benzene rings is 1. The van der Waals surface area contributed by atoms with Gasteiger partial charge in [0.15, 0.2) is 0 Å². The highest BCUT2D eigenvalue weighted by atomic mass is 127. The summed E-state index contributed by atoms with van der Waals surface area (Å²) in [5.41, 5.74) is 2.07. The molecule has 0 bridgehead atoms. The molecular weight excluding hydrogens is 341 g/mol. The number of hydrogen-bond acceptors (Lipinski definition) is 1. The van der Waals surface area contributed by atoms with Crippen molar-refractivity contribution in [3.63, 3.8) is 0 Å². The molecule has 1 aromatic carbocycles. The second kappa shape index (κ2) is 4.71. The van der Waals surface area contributed by atoms with Gasteiger partial charge in [-0.3, -0.25) is 4.68 Å². The average molecular weight is 351 g/mol. The first-order valence-electron chi connectivity index (χ1n) is 4.70. The fraction of sp³-hybridized carbons (Fsp3) is 0.182. The lowest BCUT2D eigenvalue weighted by molar-refractivity contribution is 0.624. The van der Waals surface area contributed by atoms with E-state index in [0.717, 1.165) is 14.8 Å². The Balaban J connectivity index is 2.23. The van der Waals surface area contributed by atoms with Crippen LogP contribution in [0.25, 0.3) is 0 Å². The summed E-state index contributed by atoms with van der Waals surface area (Å²) < 4.78 is 15.7. The molecule has 2 aromatic rings. The number of hydrogen-bond donors (Lipinski definition) is 0. The van der Waals surface area contributed by atoms with Gasteiger partial charge in [0.25, 0.3) is 0 Å². The van der Waals surface area contributed by atoms with Gasteiger partial charge in [-0.15, -0.1) is 0 Å². The van der Waals surface area contributed by atoms with Crippen molar-refractivity contribution in [3.05, 3.63) is 50.1 Å². The van der Waals surface area contributed by atoms with Gasteiger partial charge in [-0.1, -0.05) is 17.7 Å². The minimum absolute atomic E-state index is 0.149. The molecule has 0 unspecified atom stereocenters. The molecule has 0 N–H and O–H groups in total. The molecule has 0 atom stereocenters. The van der Waals surface area contributed by atoms with E-state index in [1.165, 1.54) is 6.07 Å². The minimum Gasteiger partial charge on any atom is -0.267 e. The Morgan fingerprint density at radius 1 is 1.50 bits per heavy atom. The van der Waals surface area contributed by atoms with Crippen molar-refractivity contribution in [1.29, 1.82) is 0 Å². The first-order chi connectivity index (χ1) is 7.56. The van der Waals surface area contributed by atoms with Crippen LogP contribution in [-0.4, -0.2) is 9.78 Å². The summed E-state index contributed by atoms with van der Waals surface area (Å²) in [5, 5.41) is 4.47. The molecule has 1 aromatic heterocycles. The van der Waals surface area contributed by atoms with Gasteiger partial charge in [0.1, 0.15) is 9.52 Å². The van der Waals surface area contributed by atoms with Gasteiger partial charge in [0, 0.05) is 11.8 Å². The molecule has 0 amide bonds. The molecule has 0 saturated carbocycles. The van der Waals surface area contributed by atoms with Gasteiger partial charge in [-0.2, -0.15) is 5.10 Å². The highest BCUT2D eigenvalue weighted by Gasteiger charge is 2.04. The molecule has 2 rings (SSSR count). The second-order valence-electron chi connectivity index (χ2n) is 3.55. The van der Waals surface area contributed by atoms with Crippen LogP contribution in [-0.2, 0) is 6.54 Å². The number of nitrogens with zero attached hydrogens (tertiary/aromatic N) is 2. The molecule has 0 spiro atoms. The topological polar surface area (TPSA) is 17.8 Å². The Kier molecular flexibility index (Phi) is 3.49. The quantitative estimate of drug-likeness (QED) is 0.756. The van der Waals surface area contributed by atoms with Crippen molar-refractivity contribution in [2.45, 2.75) is 13.5 Å². The number of aromatic nitrogens is 2. The van der Waals surface area contributed by atoms with E-state index >= 15 is 0 Å². The third-order valence-corrected chi connectivity index (χ3v) is 3.57. The molecule has 0 radical (unpaired) electrons. The van der Waals surface area contributed by atoms with E-state index in [4.69, 9.17) is 11.6 Å². The molecule has 0 saturated heterocycles. The molecule has 5 heteroatoms. The van der Waals surface area contributed by atoms with Crippen LogP contribution in [0.3, 0.4) is 0 Å². The van der Waals surface area contributed by atoms with E-state index in [1.54, 1.807) is 12.1 Å². The lowest BCUT2D eigenvalue weighted by atomic mass is 10.2. The predicted molar refractivity (Wildman–Crippen MR) is 70.2 cm³/mol. The largest absolute Gasteiger partial charge is 0.267 e. The first-order valence-corrected chi connectivity index (χ1v) is 6.15. The fourth-order valence-corrected chi connectivity index (χ4v) is 2.02. The van der Waals surface area contributed by atoms with Crippen LogP contribution >= 0.6 is 34.2 Å². The summed E-state index contributed by atoms with van der Waals surface area (Å²) in [4.78, 5) is 0. The van der Waals surface area contributed by atoms with Gasteiger partial charge in [0.05, 0.1) is 11.6 Å². The van der Waals surface area contributed by atoms with Crippen LogP contribution in [0.15, 0.2) is 24.4 Å². The maximum atomic E-state index is 13.0. The van der Waals surface area contributed by atoms with Gasteiger partial charge >= 0.3 is 0 Å². The first kappa shape index (κ1) is 11.9. The Hall–Kier alpha value is -0.620. The van der Waals surface area contributed by atoms with Gasteiger partial charge in [0.2, 0.25) is 0 Å². The van der Waals surface area contributed by atoms with Crippen LogP contribution in [0.2, 0.25) is 5.02 Å². The third kappa shape index (κ3) is 2.55. The maximum Gasteiger partial charge on any atom is 0.141 e. The van der Waals surface area contributed by atoms with Crippen LogP contribution in [0.1, 0.15) is 11.1 Å². The third-order valence-electron chi connectivity index (χ3n) is 2.21. The zero-order valence-corrected chi connectivity index (χ0v) is 11.5. The summed E-state index contributed by atoms with van der Waals surface area (Å²) >= 11 is 7.89. The molecule has 0 fully saturated rings. The van der Waals surface area contributed by atoms with E-state index in [-0.39, 0.29) is 5.02 Å². The molecule has 16 heavy (non-hydrogen) atoms. The van der Waals surface area contributed by atoms with Crippen molar-refractivity contribution in [2.24, 2.45) is 0 Å². The van der Waals surface area contributed by atoms with Crippen LogP contribution < -0.4 is 0 Å². The van der Waals surface area contributed by atoms with Crippen molar-refractivity contribution in [3.8, 4) is 0 Å². The highest BCUT2D eigenvalue weighted by molar-refractivity contribution is 14.1. The van der Waals surface area contributed by atoms with Crippen molar-refractivity contribution in [2.75, 3.05) is 0 Å². The zero-order chi connectivity index (χ0) is 11.7. The van der Waals surface area contributed by atoms with Gasteiger partial charge in [-0.05, 0) is 47.2 Å². The average Bonchev–Trinajstić information content (AvgIpc) is 2.52. The highest BCUT2D eigenvalue weighted by Crippen LogP contribution is 2.17. The van der Waals surface area contributed by atoms with Gasteiger partial charge < -0.3 is 0 Å². The fourth-order valence-electron chi connectivity index (χ4n) is 1.40. The van der Waals surface area contributed by atoms with Crippen LogP contribution in [0, 0.1) is 16.4 Å². The lowest BCUT2D eigenvalue weighted by Gasteiger charge is -2.02. The summed E-state index contributed by atoms with van der Waals surface area (Å²) in [6.07, 6.45) is 1.96. The van der Waals surface area contributed by atoms with E-state index in [2.05, 4.69) is 27.7 Å². The minimum atomic E-state index is -0.392. The molecule has 0 aliphatic carbocycles. The Bertz CT molecular complexity index is 505. The number of rotatable bonds is 2. The summed E-state index contributed by atoms with van der Waals surface area (Å²) in [6.45, 7) is 2.60. The van der Waals surface area contributed by atoms with E-state index in [1.807, 2.05) is 17.8 Å². The second-order valence-corrected chi connectivity index (χ2v) is 4.98. The molecule has 0 aliphatic rings. The Labute approximate surface area is 112 Å². The van der Waals surface area contributed by atoms with Crippen molar-refractivity contribution < 1.29 is 4.39 Å². The van der Waals surface area contributed by atoms with E-state index in [9.17, 15) is 4.39 Å². The normalized spacial score (nSPS) is 10.8. The van der Waals surface area contributed by atoms with Crippen LogP contribution in [0.5, 0.6) is 0 Å². The lowest BCUT2D eigenvalue weighted by Crippen LogP contribution is -2.00. The summed E-state index contributed by atoms with van der Waals surface area (Å²) in [7, 11) is 0. The van der Waals surface area contributed by atoms with Crippen LogP contribution in [0.4, 0.5) is 4.39 Å². The smallest absolute Gasteiger partial charge is 0.141 e. The standard InChI is InChI=1S/C11H9ClFIN2/c1-7-5-16(15-11(7)14)6-8-2-3-10(13)9(12)4-8/h2-5H,6H2,1H3. The predicted octanol–water partition coefficient (Wildman–Crippen LogP) is 3.64. The number of halogens is 3. The summed E-state index contributed by atoms with van der Waals surface area (Å²) in [6, 6.07) is 4.71. The molecule has 84 valence electrons. The Morgan fingerprint density at radius 2 is 2.25 bits per heavy atom. The SMILES string of the molecule is Cc1cn(Cc2ccc(F)c(Cl)c2)nc1I. The maximum absolute atomic E-state index is 13.0. The van der Waals surface area contributed by atoms with Crippen molar-refractivity contribution >= 4 is 34.2 Å². The Morgan fingerprint density at radius 3 is 2.81 bits per heavy atom. The molecular formula is C11H9ClFIN2. The van der Waals surface area contributed by atoms with Crippen molar-refractivity contribution in [1.82, 2.24) is 9.78 Å². The summed E-state index contributed by atoms with van der Waals surface area (Å²) in [5.74, 6) is -0.392. The molecule has 0 aliphatic heterocycles. The van der Waals surface area contributed by atoms with E-state index in [0.29, 0.717) is 6.54 Å². The van der Waals surface area contributed by atoms with E-state index < -0.39 is 5.82 Å². The molecule has 1 heterocycles. The molecule has 2 nitrogen and oxygen atoms in total. The number of aryl methyl sites for hydroxylation is 1. The zero-order valence-electron chi connectivity index (χ0n) is 8.54.